The maximum Gasteiger partial charge on any atom is 0.230 e. The second-order valence-electron chi connectivity index (χ2n) is 10.1. The van der Waals surface area contributed by atoms with Crippen molar-refractivity contribution in [3.63, 3.8) is 0 Å². The van der Waals surface area contributed by atoms with Gasteiger partial charge in [0.1, 0.15) is 0 Å². The zero-order chi connectivity index (χ0) is 29.0. The van der Waals surface area contributed by atoms with Crippen LogP contribution in [0.15, 0.2) is 36.4 Å². The van der Waals surface area contributed by atoms with Gasteiger partial charge in [0.15, 0.2) is 0 Å². The summed E-state index contributed by atoms with van der Waals surface area (Å²) >= 11 is 3.45. The Hall–Kier alpha value is -1.74. The Morgan fingerprint density at radius 1 is 0.650 bits per heavy atom. The molecule has 0 radical (unpaired) electrons. The molecule has 2 N–H and O–H groups in total. The minimum atomic E-state index is 0.142. The number of hydrogen-bond acceptors (Lipinski definition) is 6. The van der Waals surface area contributed by atoms with Gasteiger partial charge < -0.3 is 20.4 Å². The van der Waals surface area contributed by atoms with E-state index in [-0.39, 0.29) is 11.8 Å². The normalized spacial score (nSPS) is 11.4. The zero-order valence-corrected chi connectivity index (χ0v) is 26.9. The molecule has 0 bridgehead atoms. The summed E-state index contributed by atoms with van der Waals surface area (Å²) in [6, 6.07) is 13.5. The largest absolute Gasteiger partial charge is 0.354 e. The lowest BCUT2D eigenvalue weighted by Crippen LogP contribution is -2.35. The summed E-state index contributed by atoms with van der Waals surface area (Å²) in [6.45, 7) is 16.0. The van der Waals surface area contributed by atoms with Crippen LogP contribution in [0.1, 0.15) is 51.7 Å². The lowest BCUT2D eigenvalue weighted by atomic mass is 10.0. The number of rotatable bonds is 22. The van der Waals surface area contributed by atoms with Gasteiger partial charge in [-0.15, -0.1) is 0 Å². The molecule has 8 heteroatoms. The molecule has 0 saturated carbocycles. The second kappa shape index (κ2) is 21.0. The van der Waals surface area contributed by atoms with Gasteiger partial charge in [0.05, 0.1) is 11.5 Å². The molecular formula is C32H52N4O2S2. The molecule has 2 aromatic carbocycles. The number of nitrogens with one attached hydrogen (secondary N) is 2. The maximum absolute atomic E-state index is 12.1. The smallest absolute Gasteiger partial charge is 0.230 e. The van der Waals surface area contributed by atoms with Crippen LogP contribution in [0.4, 0.5) is 0 Å². The highest BCUT2D eigenvalue weighted by Crippen LogP contribution is 2.20. The molecule has 6 nitrogen and oxygen atoms in total. The van der Waals surface area contributed by atoms with E-state index in [0.717, 1.165) is 89.5 Å². The monoisotopic (exact) mass is 588 g/mol. The van der Waals surface area contributed by atoms with E-state index in [9.17, 15) is 9.59 Å². The molecule has 0 fully saturated rings. The van der Waals surface area contributed by atoms with Crippen LogP contribution < -0.4 is 10.6 Å². The van der Waals surface area contributed by atoms with Crippen LogP contribution in [0.5, 0.6) is 0 Å². The van der Waals surface area contributed by atoms with Crippen LogP contribution in [-0.4, -0.2) is 97.0 Å². The van der Waals surface area contributed by atoms with E-state index in [1.54, 1.807) is 23.5 Å². The number of likely N-dealkylation sites (N-methyl/N-ethyl adjacent to an activating group) is 2. The van der Waals surface area contributed by atoms with Crippen molar-refractivity contribution in [1.29, 1.82) is 0 Å². The lowest BCUT2D eigenvalue weighted by molar-refractivity contribution is -0.119. The van der Waals surface area contributed by atoms with Crippen molar-refractivity contribution in [2.24, 2.45) is 0 Å². The van der Waals surface area contributed by atoms with E-state index in [1.807, 2.05) is 0 Å². The first-order chi connectivity index (χ1) is 19.5. The van der Waals surface area contributed by atoms with Gasteiger partial charge in [-0.05, 0) is 85.3 Å². The van der Waals surface area contributed by atoms with Crippen molar-refractivity contribution >= 4 is 46.1 Å². The average Bonchev–Trinajstić information content (AvgIpc) is 2.97. The minimum Gasteiger partial charge on any atom is -0.354 e. The van der Waals surface area contributed by atoms with Crippen LogP contribution in [0, 0.1) is 0 Å². The molecule has 2 amide bonds. The van der Waals surface area contributed by atoms with Crippen LogP contribution in [0.3, 0.4) is 0 Å². The molecule has 0 unspecified atom stereocenters. The first kappa shape index (κ1) is 34.5. The van der Waals surface area contributed by atoms with Gasteiger partial charge in [-0.1, -0.05) is 64.1 Å². The van der Waals surface area contributed by atoms with Crippen molar-refractivity contribution in [2.45, 2.75) is 53.4 Å². The first-order valence-electron chi connectivity index (χ1n) is 15.1. The predicted molar refractivity (Wildman–Crippen MR) is 177 cm³/mol. The SMILES string of the molecule is CCN(CC)CCNC(=O)CSCCCc1ccc2ccc(CCCSCC(=O)NCCN(CC)CC)cc2c1. The Bertz CT molecular complexity index is 921. The molecule has 2 rings (SSSR count). The van der Waals surface area contributed by atoms with Gasteiger partial charge in [0, 0.05) is 26.2 Å². The Morgan fingerprint density at radius 3 is 1.48 bits per heavy atom. The molecule has 0 aromatic heterocycles. The Kier molecular flexibility index (Phi) is 18.1. The molecule has 0 heterocycles. The van der Waals surface area contributed by atoms with Crippen molar-refractivity contribution in [2.75, 3.05) is 75.4 Å². The molecule has 0 atom stereocenters. The maximum atomic E-state index is 12.1. The van der Waals surface area contributed by atoms with E-state index < -0.39 is 0 Å². The summed E-state index contributed by atoms with van der Waals surface area (Å²) in [6.07, 6.45) is 4.21. The number of fused-ring (bicyclic) bond motifs is 1. The second-order valence-corrected chi connectivity index (χ2v) is 12.3. The number of carbonyl (C=O) groups is 2. The van der Waals surface area contributed by atoms with Gasteiger partial charge in [-0.25, -0.2) is 0 Å². The molecule has 40 heavy (non-hydrogen) atoms. The highest BCUT2D eigenvalue weighted by Gasteiger charge is 2.06. The third-order valence-electron chi connectivity index (χ3n) is 7.23. The first-order valence-corrected chi connectivity index (χ1v) is 17.4. The Balaban J connectivity index is 1.63. The van der Waals surface area contributed by atoms with E-state index >= 15 is 0 Å². The summed E-state index contributed by atoms with van der Waals surface area (Å²) in [5.74, 6) is 3.35. The molecule has 0 saturated heterocycles. The molecule has 2 aromatic rings. The third kappa shape index (κ3) is 14.2. The topological polar surface area (TPSA) is 64.7 Å². The summed E-state index contributed by atoms with van der Waals surface area (Å²) < 4.78 is 0. The molecule has 0 aliphatic carbocycles. The van der Waals surface area contributed by atoms with Gasteiger partial charge in [-0.3, -0.25) is 9.59 Å². The van der Waals surface area contributed by atoms with E-state index in [2.05, 4.69) is 84.5 Å². The Labute approximate surface area is 251 Å². The summed E-state index contributed by atoms with van der Waals surface area (Å²) in [5, 5.41) is 8.65. The summed E-state index contributed by atoms with van der Waals surface area (Å²) in [7, 11) is 0. The lowest BCUT2D eigenvalue weighted by Gasteiger charge is -2.17. The van der Waals surface area contributed by atoms with Crippen molar-refractivity contribution < 1.29 is 9.59 Å². The summed E-state index contributed by atoms with van der Waals surface area (Å²) in [5.41, 5.74) is 2.72. The van der Waals surface area contributed by atoms with Gasteiger partial charge >= 0.3 is 0 Å². The van der Waals surface area contributed by atoms with Crippen LogP contribution in [0.2, 0.25) is 0 Å². The quantitative estimate of drug-likeness (QED) is 0.187. The number of benzene rings is 2. The fourth-order valence-electron chi connectivity index (χ4n) is 4.63. The fraction of sp³-hybridized carbons (Fsp3) is 0.625. The van der Waals surface area contributed by atoms with Crippen molar-refractivity contribution in [3.8, 4) is 0 Å². The molecule has 224 valence electrons. The Morgan fingerprint density at radius 2 is 1.07 bits per heavy atom. The van der Waals surface area contributed by atoms with Crippen LogP contribution in [0.25, 0.3) is 10.8 Å². The van der Waals surface area contributed by atoms with E-state index in [4.69, 9.17) is 0 Å². The fourth-order valence-corrected chi connectivity index (χ4v) is 6.19. The number of hydrogen-bond donors (Lipinski definition) is 2. The van der Waals surface area contributed by atoms with E-state index in [1.165, 1.54) is 21.9 Å². The van der Waals surface area contributed by atoms with Gasteiger partial charge in [0.25, 0.3) is 0 Å². The number of amides is 2. The predicted octanol–water partition coefficient (Wildman–Crippen LogP) is 5.09. The molecule has 0 aliphatic heterocycles. The number of carbonyl (C=O) groups excluding carboxylic acids is 2. The zero-order valence-electron chi connectivity index (χ0n) is 25.3. The standard InChI is InChI=1S/C32H52N4O2S2/c1-5-35(6-2)19-17-33-31(37)25-39-21-9-11-27-13-15-29-16-14-28(24-30(29)23-27)12-10-22-40-26-32(38)34-18-20-36(7-3)8-4/h13-16,23-24H,5-12,17-22,25-26H2,1-4H3,(H,33,37)(H,34,38). The molecular weight excluding hydrogens is 537 g/mol. The average molecular weight is 589 g/mol. The van der Waals surface area contributed by atoms with Crippen molar-refractivity contribution in [1.82, 2.24) is 20.4 Å². The van der Waals surface area contributed by atoms with E-state index in [0.29, 0.717) is 11.5 Å². The molecule has 0 spiro atoms. The molecule has 0 aliphatic rings. The minimum absolute atomic E-state index is 0.142. The number of nitrogens with zero attached hydrogens (tertiary/aromatic N) is 2. The number of aryl methyl sites for hydroxylation is 2. The third-order valence-corrected chi connectivity index (χ3v) is 9.32. The highest BCUT2D eigenvalue weighted by atomic mass is 32.2. The van der Waals surface area contributed by atoms with Gasteiger partial charge in [-0.2, -0.15) is 23.5 Å². The highest BCUT2D eigenvalue weighted by molar-refractivity contribution is 8.00. The summed E-state index contributed by atoms with van der Waals surface area (Å²) in [4.78, 5) is 28.8. The van der Waals surface area contributed by atoms with Gasteiger partial charge in [0.2, 0.25) is 11.8 Å². The number of thioether (sulfide) groups is 2. The van der Waals surface area contributed by atoms with Crippen LogP contribution >= 0.6 is 23.5 Å². The van der Waals surface area contributed by atoms with Crippen LogP contribution in [-0.2, 0) is 22.4 Å². The van der Waals surface area contributed by atoms with Crippen molar-refractivity contribution in [3.05, 3.63) is 47.5 Å².